The minimum atomic E-state index is 0. The maximum atomic E-state index is 12.7. The van der Waals surface area contributed by atoms with Crippen LogP contribution in [0.1, 0.15) is 57.8 Å². The van der Waals surface area contributed by atoms with Gasteiger partial charge in [0, 0.05) is 38.1 Å². The second kappa shape index (κ2) is 11.2. The van der Waals surface area contributed by atoms with Crippen molar-refractivity contribution in [2.24, 2.45) is 5.92 Å². The molecular weight excluding hydrogens is 385 g/mol. The van der Waals surface area contributed by atoms with Gasteiger partial charge in [0.25, 0.3) is 0 Å². The number of nitrogens with zero attached hydrogens (tertiary/aromatic N) is 2. The summed E-state index contributed by atoms with van der Waals surface area (Å²) in [5.74, 6) is 1.00. The van der Waals surface area contributed by atoms with E-state index in [9.17, 15) is 4.79 Å². The van der Waals surface area contributed by atoms with Crippen LogP contribution in [0.4, 0.5) is 0 Å². The van der Waals surface area contributed by atoms with Crippen LogP contribution in [0.2, 0.25) is 0 Å². The number of fused-ring (bicyclic) bond motifs is 2. The Morgan fingerprint density at radius 1 is 0.926 bits per heavy atom. The van der Waals surface area contributed by atoms with Gasteiger partial charge < -0.3 is 19.9 Å². The van der Waals surface area contributed by atoms with E-state index in [1.165, 1.54) is 51.6 Å². The third-order valence-electron chi connectivity index (χ3n) is 6.79. The topological polar surface area (TPSA) is 44.8 Å². The molecule has 0 aromatic rings. The van der Waals surface area contributed by atoms with Crippen LogP contribution in [0.25, 0.3) is 0 Å². The van der Waals surface area contributed by atoms with E-state index in [2.05, 4.69) is 15.1 Å². The average Bonchev–Trinajstić information content (AvgIpc) is 3.25. The predicted molar refractivity (Wildman–Crippen MR) is 113 cm³/mol. The molecule has 2 atom stereocenters. The van der Waals surface area contributed by atoms with Crippen LogP contribution in [0.3, 0.4) is 0 Å². The highest BCUT2D eigenvalue weighted by molar-refractivity contribution is 5.85. The lowest BCUT2D eigenvalue weighted by Crippen LogP contribution is -2.44. The summed E-state index contributed by atoms with van der Waals surface area (Å²) >= 11 is 0. The number of ether oxygens (including phenoxy) is 1. The van der Waals surface area contributed by atoms with Crippen LogP contribution >= 0.6 is 24.8 Å². The second-order valence-electron chi connectivity index (χ2n) is 8.68. The molecule has 4 fully saturated rings. The molecule has 0 aliphatic carbocycles. The van der Waals surface area contributed by atoms with Gasteiger partial charge in [0.1, 0.15) is 0 Å². The molecule has 0 saturated carbocycles. The van der Waals surface area contributed by atoms with Gasteiger partial charge in [0.05, 0.1) is 12.7 Å². The molecule has 1 N–H and O–H groups in total. The first-order valence-corrected chi connectivity index (χ1v) is 10.6. The van der Waals surface area contributed by atoms with E-state index < -0.39 is 0 Å². The molecule has 4 heterocycles. The minimum Gasteiger partial charge on any atom is -0.377 e. The Kier molecular flexibility index (Phi) is 9.63. The zero-order valence-corrected chi connectivity index (χ0v) is 18.1. The Hall–Kier alpha value is -0.0700. The van der Waals surface area contributed by atoms with E-state index in [-0.39, 0.29) is 24.8 Å². The Balaban J connectivity index is 0.00000131. The van der Waals surface area contributed by atoms with Gasteiger partial charge in [-0.05, 0) is 70.4 Å². The summed E-state index contributed by atoms with van der Waals surface area (Å²) in [6.07, 6.45) is 10.9. The van der Waals surface area contributed by atoms with Crippen molar-refractivity contribution in [3.63, 3.8) is 0 Å². The predicted octanol–water partition coefficient (Wildman–Crippen LogP) is 2.85. The zero-order chi connectivity index (χ0) is 17.1. The molecule has 4 rings (SSSR count). The van der Waals surface area contributed by atoms with Crippen molar-refractivity contribution in [2.45, 2.75) is 76.0 Å². The molecule has 0 radical (unpaired) electrons. The Morgan fingerprint density at radius 3 is 2.19 bits per heavy atom. The molecule has 7 heteroatoms. The molecule has 1 amide bonds. The number of hydrogen-bond donors (Lipinski definition) is 1. The summed E-state index contributed by atoms with van der Waals surface area (Å²) in [6.45, 7) is 6.22. The molecule has 158 valence electrons. The van der Waals surface area contributed by atoms with Crippen molar-refractivity contribution in [3.8, 4) is 0 Å². The van der Waals surface area contributed by atoms with Crippen molar-refractivity contribution in [1.82, 2.24) is 15.1 Å². The van der Waals surface area contributed by atoms with Gasteiger partial charge in [-0.15, -0.1) is 24.8 Å². The Bertz CT molecular complexity index is 443. The molecular formula is C20H37Cl2N3O2. The van der Waals surface area contributed by atoms with Crippen molar-refractivity contribution < 1.29 is 9.53 Å². The van der Waals surface area contributed by atoms with E-state index in [4.69, 9.17) is 4.74 Å². The van der Waals surface area contributed by atoms with E-state index in [1.807, 2.05) is 0 Å². The zero-order valence-electron chi connectivity index (χ0n) is 16.4. The molecule has 4 aliphatic heterocycles. The fraction of sp³-hybridized carbons (Fsp3) is 0.950. The highest BCUT2D eigenvalue weighted by atomic mass is 35.5. The summed E-state index contributed by atoms with van der Waals surface area (Å²) in [4.78, 5) is 17.3. The van der Waals surface area contributed by atoms with E-state index in [0.29, 0.717) is 30.0 Å². The summed E-state index contributed by atoms with van der Waals surface area (Å²) < 4.78 is 6.07. The molecule has 0 spiro atoms. The van der Waals surface area contributed by atoms with E-state index >= 15 is 0 Å². The Morgan fingerprint density at radius 2 is 1.56 bits per heavy atom. The van der Waals surface area contributed by atoms with Crippen LogP contribution in [0, 0.1) is 5.92 Å². The van der Waals surface area contributed by atoms with Gasteiger partial charge in [0.15, 0.2) is 0 Å². The lowest BCUT2D eigenvalue weighted by Gasteiger charge is -2.34. The third kappa shape index (κ3) is 6.46. The molecule has 4 aliphatic rings. The monoisotopic (exact) mass is 421 g/mol. The molecule has 5 nitrogen and oxygen atoms in total. The second-order valence-corrected chi connectivity index (χ2v) is 8.68. The number of nitrogens with one attached hydrogen (secondary N) is 1. The molecule has 2 unspecified atom stereocenters. The minimum absolute atomic E-state index is 0. The first-order valence-electron chi connectivity index (χ1n) is 10.6. The number of likely N-dealkylation sites (tertiary alicyclic amines) is 2. The summed E-state index contributed by atoms with van der Waals surface area (Å²) in [6, 6.07) is 1.37. The summed E-state index contributed by atoms with van der Waals surface area (Å²) in [5.41, 5.74) is 0. The molecule has 0 aromatic heterocycles. The highest BCUT2D eigenvalue weighted by Crippen LogP contribution is 2.33. The van der Waals surface area contributed by atoms with Crippen LogP contribution in [-0.2, 0) is 9.53 Å². The van der Waals surface area contributed by atoms with Crippen LogP contribution in [0.15, 0.2) is 0 Å². The van der Waals surface area contributed by atoms with Crippen molar-refractivity contribution >= 4 is 30.7 Å². The number of rotatable bonds is 6. The first kappa shape index (κ1) is 23.2. The maximum Gasteiger partial charge on any atom is 0.222 e. The van der Waals surface area contributed by atoms with Gasteiger partial charge in [-0.1, -0.05) is 0 Å². The van der Waals surface area contributed by atoms with E-state index in [0.717, 1.165) is 45.5 Å². The lowest BCUT2D eigenvalue weighted by molar-refractivity contribution is -0.135. The van der Waals surface area contributed by atoms with E-state index in [1.54, 1.807) is 0 Å². The van der Waals surface area contributed by atoms with Crippen LogP contribution < -0.4 is 5.32 Å². The number of hydrogen-bond acceptors (Lipinski definition) is 4. The molecule has 0 aromatic carbocycles. The number of piperidine rings is 2. The van der Waals surface area contributed by atoms with Crippen molar-refractivity contribution in [3.05, 3.63) is 0 Å². The largest absolute Gasteiger partial charge is 0.377 e. The normalized spacial score (nSPS) is 31.4. The number of carbonyl (C=O) groups excluding carboxylic acids is 1. The molecule has 4 saturated heterocycles. The fourth-order valence-corrected chi connectivity index (χ4v) is 5.34. The number of carbonyl (C=O) groups is 1. The molecule has 27 heavy (non-hydrogen) atoms. The quantitative estimate of drug-likeness (QED) is 0.715. The van der Waals surface area contributed by atoms with Gasteiger partial charge in [-0.25, -0.2) is 0 Å². The summed E-state index contributed by atoms with van der Waals surface area (Å²) in [5, 5.41) is 3.67. The number of halogens is 2. The number of amides is 1. The summed E-state index contributed by atoms with van der Waals surface area (Å²) in [7, 11) is 0. The van der Waals surface area contributed by atoms with Crippen LogP contribution in [-0.4, -0.2) is 73.2 Å². The standard InChI is InChI=1S/C20H35N3O2.2ClH/c24-20(15-16-13-17-3-4-18(14-16)21-17)23-9-5-19(6-10-23)25-12-11-22-7-1-2-8-22;;/h16-19,21H,1-15H2;2*1H. The SMILES string of the molecule is Cl.Cl.O=C(CC1CC2CCC(C1)N2)N1CCC(OCCN2CCCC2)CC1. The van der Waals surface area contributed by atoms with Crippen LogP contribution in [0.5, 0.6) is 0 Å². The van der Waals surface area contributed by atoms with Crippen molar-refractivity contribution in [2.75, 3.05) is 39.3 Å². The third-order valence-corrected chi connectivity index (χ3v) is 6.79. The van der Waals surface area contributed by atoms with Crippen molar-refractivity contribution in [1.29, 1.82) is 0 Å². The van der Waals surface area contributed by atoms with Gasteiger partial charge >= 0.3 is 0 Å². The van der Waals surface area contributed by atoms with Gasteiger partial charge in [-0.2, -0.15) is 0 Å². The smallest absolute Gasteiger partial charge is 0.222 e. The first-order chi connectivity index (χ1) is 12.3. The average molecular weight is 422 g/mol. The van der Waals surface area contributed by atoms with Gasteiger partial charge in [0.2, 0.25) is 5.91 Å². The molecule has 2 bridgehead atoms. The maximum absolute atomic E-state index is 12.7. The fourth-order valence-electron chi connectivity index (χ4n) is 5.34. The Labute approximate surface area is 176 Å². The lowest BCUT2D eigenvalue weighted by atomic mass is 9.89. The highest BCUT2D eigenvalue weighted by Gasteiger charge is 2.35. The van der Waals surface area contributed by atoms with Gasteiger partial charge in [-0.3, -0.25) is 4.79 Å².